The van der Waals surface area contributed by atoms with Crippen LogP contribution in [-0.2, 0) is 14.8 Å². The Morgan fingerprint density at radius 1 is 1.21 bits per heavy atom. The molecule has 0 saturated heterocycles. The van der Waals surface area contributed by atoms with Gasteiger partial charge in [-0.05, 0) is 57.0 Å². The van der Waals surface area contributed by atoms with Crippen LogP contribution in [0, 0.1) is 6.92 Å². The third kappa shape index (κ3) is 6.11. The van der Waals surface area contributed by atoms with Gasteiger partial charge in [-0.25, -0.2) is 8.42 Å². The molecule has 1 N–H and O–H groups in total. The van der Waals surface area contributed by atoms with Gasteiger partial charge in [-0.1, -0.05) is 30.7 Å². The minimum Gasteiger partial charge on any atom is -0.491 e. The molecule has 1 amide bonds. The van der Waals surface area contributed by atoms with Gasteiger partial charge in [0, 0.05) is 16.8 Å². The van der Waals surface area contributed by atoms with Crippen LogP contribution >= 0.6 is 11.6 Å². The number of aryl methyl sites for hydroxylation is 1. The van der Waals surface area contributed by atoms with Gasteiger partial charge in [0.1, 0.15) is 11.8 Å². The summed E-state index contributed by atoms with van der Waals surface area (Å²) in [6, 6.07) is 11.0. The Morgan fingerprint density at radius 2 is 1.90 bits per heavy atom. The fraction of sp³-hybridized carbons (Fsp3) is 0.381. The lowest BCUT2D eigenvalue weighted by molar-refractivity contribution is -0.117. The van der Waals surface area contributed by atoms with E-state index in [1.54, 1.807) is 56.3 Å². The van der Waals surface area contributed by atoms with Gasteiger partial charge in [0.05, 0.1) is 18.0 Å². The van der Waals surface area contributed by atoms with E-state index in [1.165, 1.54) is 0 Å². The van der Waals surface area contributed by atoms with E-state index >= 15 is 0 Å². The van der Waals surface area contributed by atoms with Crippen LogP contribution in [0.25, 0.3) is 0 Å². The van der Waals surface area contributed by atoms with Crippen LogP contribution in [0.3, 0.4) is 0 Å². The molecule has 1 atom stereocenters. The Labute approximate surface area is 177 Å². The number of benzene rings is 2. The van der Waals surface area contributed by atoms with Gasteiger partial charge in [0.2, 0.25) is 15.9 Å². The molecule has 0 radical (unpaired) electrons. The molecule has 0 aliphatic carbocycles. The molecule has 2 aromatic rings. The molecule has 2 rings (SSSR count). The predicted octanol–water partition coefficient (Wildman–Crippen LogP) is 4.62. The molecule has 0 fully saturated rings. The highest BCUT2D eigenvalue weighted by molar-refractivity contribution is 7.92. The molecule has 29 heavy (non-hydrogen) atoms. The van der Waals surface area contributed by atoms with Gasteiger partial charge in [-0.3, -0.25) is 9.10 Å². The summed E-state index contributed by atoms with van der Waals surface area (Å²) in [4.78, 5) is 13.0. The van der Waals surface area contributed by atoms with Crippen molar-refractivity contribution in [3.8, 4) is 5.75 Å². The van der Waals surface area contributed by atoms with Crippen LogP contribution in [-0.4, -0.2) is 32.7 Å². The Bertz CT molecular complexity index is 976. The maximum absolute atomic E-state index is 13.0. The van der Waals surface area contributed by atoms with Crippen molar-refractivity contribution >= 4 is 38.9 Å². The second-order valence-electron chi connectivity index (χ2n) is 7.10. The summed E-state index contributed by atoms with van der Waals surface area (Å²) in [6.45, 7) is 7.37. The number of rotatable bonds is 8. The van der Waals surface area contributed by atoms with Crippen LogP contribution < -0.4 is 14.4 Å². The first-order valence-electron chi connectivity index (χ1n) is 9.36. The Kier molecular flexibility index (Phi) is 7.54. The average Bonchev–Trinajstić information content (AvgIpc) is 2.60. The first-order chi connectivity index (χ1) is 13.5. The molecule has 0 saturated carbocycles. The second kappa shape index (κ2) is 9.50. The molecular formula is C21H27ClN2O4S. The van der Waals surface area contributed by atoms with Crippen molar-refractivity contribution in [1.82, 2.24) is 0 Å². The van der Waals surface area contributed by atoms with E-state index in [4.69, 9.17) is 16.3 Å². The van der Waals surface area contributed by atoms with E-state index in [9.17, 15) is 13.2 Å². The van der Waals surface area contributed by atoms with Gasteiger partial charge in [0.25, 0.3) is 0 Å². The zero-order chi connectivity index (χ0) is 21.8. The largest absolute Gasteiger partial charge is 0.491 e. The number of hydrogen-bond donors (Lipinski definition) is 1. The van der Waals surface area contributed by atoms with Crippen molar-refractivity contribution in [1.29, 1.82) is 0 Å². The summed E-state index contributed by atoms with van der Waals surface area (Å²) >= 11 is 6.09. The summed E-state index contributed by atoms with van der Waals surface area (Å²) < 4.78 is 32.0. The molecule has 0 unspecified atom stereocenters. The van der Waals surface area contributed by atoms with Crippen LogP contribution in [0.5, 0.6) is 5.75 Å². The summed E-state index contributed by atoms with van der Waals surface area (Å²) in [5.41, 5.74) is 1.63. The summed E-state index contributed by atoms with van der Waals surface area (Å²) in [7, 11) is -3.74. The quantitative estimate of drug-likeness (QED) is 0.652. The molecular weight excluding hydrogens is 412 g/mol. The van der Waals surface area contributed by atoms with Gasteiger partial charge < -0.3 is 10.1 Å². The number of sulfonamides is 1. The number of carbonyl (C=O) groups is 1. The Balaban J connectivity index is 2.38. The van der Waals surface area contributed by atoms with Crippen molar-refractivity contribution in [3.63, 3.8) is 0 Å². The highest BCUT2D eigenvalue weighted by Crippen LogP contribution is 2.30. The predicted molar refractivity (Wildman–Crippen MR) is 118 cm³/mol. The van der Waals surface area contributed by atoms with E-state index in [1.807, 2.05) is 13.8 Å². The normalized spacial score (nSPS) is 12.5. The highest BCUT2D eigenvalue weighted by atomic mass is 35.5. The fourth-order valence-electron chi connectivity index (χ4n) is 3.00. The fourth-order valence-corrected chi connectivity index (χ4v) is 4.43. The minimum atomic E-state index is -3.74. The minimum absolute atomic E-state index is 0.00382. The van der Waals surface area contributed by atoms with E-state index in [2.05, 4.69) is 5.32 Å². The number of amides is 1. The van der Waals surface area contributed by atoms with Gasteiger partial charge in [-0.15, -0.1) is 0 Å². The zero-order valence-electron chi connectivity index (χ0n) is 17.3. The van der Waals surface area contributed by atoms with Gasteiger partial charge >= 0.3 is 0 Å². The molecule has 6 nitrogen and oxygen atoms in total. The Morgan fingerprint density at radius 3 is 2.48 bits per heavy atom. The molecule has 0 aliphatic heterocycles. The lowest BCUT2D eigenvalue weighted by atomic mass is 10.1. The lowest BCUT2D eigenvalue weighted by Gasteiger charge is -2.31. The average molecular weight is 439 g/mol. The third-order valence-corrected chi connectivity index (χ3v) is 5.61. The monoisotopic (exact) mass is 438 g/mol. The van der Waals surface area contributed by atoms with Crippen LogP contribution in [0.1, 0.15) is 32.8 Å². The number of halogens is 1. The number of ether oxygens (including phenoxy) is 1. The highest BCUT2D eigenvalue weighted by Gasteiger charge is 2.32. The maximum atomic E-state index is 13.0. The van der Waals surface area contributed by atoms with Crippen LogP contribution in [0.4, 0.5) is 11.4 Å². The van der Waals surface area contributed by atoms with Crippen molar-refractivity contribution in [2.24, 2.45) is 0 Å². The topological polar surface area (TPSA) is 75.7 Å². The molecule has 0 bridgehead atoms. The van der Waals surface area contributed by atoms with Gasteiger partial charge in [0.15, 0.2) is 0 Å². The van der Waals surface area contributed by atoms with Gasteiger partial charge in [-0.2, -0.15) is 0 Å². The van der Waals surface area contributed by atoms with Crippen LogP contribution in [0.2, 0.25) is 5.02 Å². The van der Waals surface area contributed by atoms with E-state index < -0.39 is 22.0 Å². The molecule has 0 aliphatic rings. The molecule has 0 heterocycles. The molecule has 0 aromatic heterocycles. The Hall–Kier alpha value is -2.25. The first-order valence-corrected chi connectivity index (χ1v) is 11.6. The molecule has 8 heteroatoms. The third-order valence-electron chi connectivity index (χ3n) is 4.21. The number of carbonyl (C=O) groups excluding carboxylic acids is 1. The number of nitrogens with zero attached hydrogens (tertiary/aromatic N) is 1. The number of anilines is 2. The van der Waals surface area contributed by atoms with Crippen molar-refractivity contribution in [2.75, 3.05) is 15.9 Å². The summed E-state index contributed by atoms with van der Waals surface area (Å²) in [5.74, 6) is 0.190. The summed E-state index contributed by atoms with van der Waals surface area (Å²) in [6.07, 6.45) is 1.36. The SMILES string of the molecule is CC[C@H](C(=O)Nc1cccc(OC(C)C)c1)N(c1cc(Cl)ccc1C)S(C)(=O)=O. The van der Waals surface area contributed by atoms with Crippen molar-refractivity contribution < 1.29 is 17.9 Å². The van der Waals surface area contributed by atoms with Crippen molar-refractivity contribution in [2.45, 2.75) is 46.3 Å². The second-order valence-corrected chi connectivity index (χ2v) is 9.39. The molecule has 158 valence electrons. The van der Waals surface area contributed by atoms with E-state index in [-0.39, 0.29) is 12.5 Å². The smallest absolute Gasteiger partial charge is 0.248 e. The number of hydrogen-bond acceptors (Lipinski definition) is 4. The van der Waals surface area contributed by atoms with E-state index in [0.717, 1.165) is 10.6 Å². The standard InChI is InChI=1S/C21H27ClN2O4S/c1-6-19(21(25)23-17-8-7-9-18(13-17)28-14(2)3)24(29(5,26)27)20-12-16(22)11-10-15(20)4/h7-14,19H,6H2,1-5H3,(H,23,25)/t19-/m1/s1. The summed E-state index contributed by atoms with van der Waals surface area (Å²) in [5, 5.41) is 3.20. The molecule has 0 spiro atoms. The lowest BCUT2D eigenvalue weighted by Crippen LogP contribution is -2.47. The van der Waals surface area contributed by atoms with Crippen molar-refractivity contribution in [3.05, 3.63) is 53.1 Å². The zero-order valence-corrected chi connectivity index (χ0v) is 18.8. The van der Waals surface area contributed by atoms with E-state index in [0.29, 0.717) is 27.7 Å². The maximum Gasteiger partial charge on any atom is 0.248 e. The number of nitrogens with one attached hydrogen (secondary N) is 1. The first kappa shape index (κ1) is 23.0. The van der Waals surface area contributed by atoms with Crippen LogP contribution in [0.15, 0.2) is 42.5 Å². The molecule has 2 aromatic carbocycles.